The first-order chi connectivity index (χ1) is 14.0. The van der Waals surface area contributed by atoms with E-state index in [-0.39, 0.29) is 0 Å². The number of benzene rings is 4. The average Bonchev–Trinajstić information content (AvgIpc) is 2.71. The van der Waals surface area contributed by atoms with Crippen LogP contribution in [-0.4, -0.2) is 0 Å². The number of phosphoric ester groups is 1. The van der Waals surface area contributed by atoms with Crippen LogP contribution in [0.5, 0.6) is 17.2 Å². The van der Waals surface area contributed by atoms with E-state index in [2.05, 4.69) is 0 Å². The summed E-state index contributed by atoms with van der Waals surface area (Å²) in [5.74, 6) is 0.968. The van der Waals surface area contributed by atoms with Crippen LogP contribution >= 0.6 is 7.82 Å². The van der Waals surface area contributed by atoms with Gasteiger partial charge in [-0.25, -0.2) is 0 Å². The van der Waals surface area contributed by atoms with Crippen LogP contribution in [0.2, 0.25) is 0 Å². The van der Waals surface area contributed by atoms with Gasteiger partial charge in [-0.15, -0.1) is 0 Å². The second-order valence-corrected chi connectivity index (χ2v) is 7.81. The van der Waals surface area contributed by atoms with E-state index in [0.717, 1.165) is 10.8 Å². The lowest BCUT2D eigenvalue weighted by molar-refractivity contribution is 0.298. The molecule has 29 heavy (non-hydrogen) atoms. The highest BCUT2D eigenvalue weighted by atomic mass is 31.2. The largest absolute Gasteiger partial charge is 0.647 e. The number of fused-ring (bicyclic) bond motifs is 1. The molecule has 6 nitrogen and oxygen atoms in total. The molecule has 4 aromatic carbocycles. The summed E-state index contributed by atoms with van der Waals surface area (Å²) in [4.78, 5) is 0. The highest BCUT2D eigenvalue weighted by Crippen LogP contribution is 2.50. The Morgan fingerprint density at radius 1 is 0.552 bits per heavy atom. The first-order valence-electron chi connectivity index (χ1n) is 8.88. The van der Waals surface area contributed by atoms with E-state index in [1.54, 1.807) is 60.7 Å². The van der Waals surface area contributed by atoms with Crippen molar-refractivity contribution in [1.82, 2.24) is 0 Å². The Balaban J connectivity index is 1.66. The Hall–Kier alpha value is -3.63. The van der Waals surface area contributed by atoms with Gasteiger partial charge in [0.1, 0.15) is 17.2 Å². The smallest absolute Gasteiger partial charge is 0.399 e. The number of hydrogen-bond acceptors (Lipinski definition) is 6. The molecule has 0 aromatic heterocycles. The van der Waals surface area contributed by atoms with Crippen molar-refractivity contribution in [3.8, 4) is 17.2 Å². The summed E-state index contributed by atoms with van der Waals surface area (Å²) in [5, 5.41) is 1.98. The molecule has 146 valence electrons. The SMILES string of the molecule is Nc1ccc(OP(=O)(Oc2ccc(N)cc2)Oc2ccc3ccccc3c2)cc1. The number of phosphoric acid groups is 1. The fourth-order valence-corrected chi connectivity index (χ4v) is 3.97. The third kappa shape index (κ3) is 4.62. The molecule has 4 aromatic rings. The van der Waals surface area contributed by atoms with Crippen LogP contribution in [0, 0.1) is 0 Å². The van der Waals surface area contributed by atoms with Crippen molar-refractivity contribution in [2.24, 2.45) is 0 Å². The number of anilines is 2. The molecule has 0 saturated heterocycles. The predicted molar refractivity (Wildman–Crippen MR) is 115 cm³/mol. The van der Waals surface area contributed by atoms with Gasteiger partial charge in [0.15, 0.2) is 0 Å². The monoisotopic (exact) mass is 406 g/mol. The van der Waals surface area contributed by atoms with E-state index in [4.69, 9.17) is 25.0 Å². The first kappa shape index (κ1) is 18.7. The molecular formula is C22H19N2O4P. The molecule has 0 aliphatic carbocycles. The van der Waals surface area contributed by atoms with Crippen LogP contribution in [0.25, 0.3) is 10.8 Å². The van der Waals surface area contributed by atoms with Crippen molar-refractivity contribution in [2.45, 2.75) is 0 Å². The second kappa shape index (κ2) is 7.78. The summed E-state index contributed by atoms with van der Waals surface area (Å²) in [5.41, 5.74) is 12.5. The minimum Gasteiger partial charge on any atom is -0.399 e. The van der Waals surface area contributed by atoms with Crippen LogP contribution in [0.4, 0.5) is 11.4 Å². The van der Waals surface area contributed by atoms with Crippen molar-refractivity contribution in [3.63, 3.8) is 0 Å². The average molecular weight is 406 g/mol. The fourth-order valence-electron chi connectivity index (χ4n) is 2.72. The van der Waals surface area contributed by atoms with Gasteiger partial charge in [-0.2, -0.15) is 4.57 Å². The van der Waals surface area contributed by atoms with Gasteiger partial charge in [-0.05, 0) is 71.4 Å². The van der Waals surface area contributed by atoms with Gasteiger partial charge < -0.3 is 25.0 Å². The van der Waals surface area contributed by atoms with E-state index in [9.17, 15) is 4.57 Å². The van der Waals surface area contributed by atoms with Gasteiger partial charge in [0.25, 0.3) is 0 Å². The summed E-state index contributed by atoms with van der Waals surface area (Å²) >= 11 is 0. The molecule has 0 atom stereocenters. The van der Waals surface area contributed by atoms with Gasteiger partial charge in [-0.3, -0.25) is 0 Å². The summed E-state index contributed by atoms with van der Waals surface area (Å²) in [6, 6.07) is 26.1. The highest BCUT2D eigenvalue weighted by molar-refractivity contribution is 7.49. The third-order valence-corrected chi connectivity index (χ3v) is 5.44. The number of nitrogens with two attached hydrogens (primary N) is 2. The zero-order chi connectivity index (χ0) is 20.3. The maximum atomic E-state index is 13.5. The lowest BCUT2D eigenvalue weighted by Gasteiger charge is -2.19. The first-order valence-corrected chi connectivity index (χ1v) is 10.3. The molecule has 0 unspecified atom stereocenters. The Morgan fingerprint density at radius 2 is 1.00 bits per heavy atom. The molecule has 4 rings (SSSR count). The van der Waals surface area contributed by atoms with Gasteiger partial charge >= 0.3 is 7.82 Å². The van der Waals surface area contributed by atoms with E-state index in [1.165, 1.54) is 0 Å². The third-order valence-electron chi connectivity index (χ3n) is 4.13. The number of nitrogen functional groups attached to an aromatic ring is 2. The molecule has 0 spiro atoms. The summed E-state index contributed by atoms with van der Waals surface area (Å²) in [6.07, 6.45) is 0. The van der Waals surface area contributed by atoms with E-state index < -0.39 is 7.82 Å². The van der Waals surface area contributed by atoms with E-state index in [0.29, 0.717) is 28.6 Å². The van der Waals surface area contributed by atoms with Crippen LogP contribution < -0.4 is 25.0 Å². The van der Waals surface area contributed by atoms with Gasteiger partial charge in [-0.1, -0.05) is 30.3 Å². The van der Waals surface area contributed by atoms with Crippen molar-refractivity contribution in [3.05, 3.63) is 91.0 Å². The molecule has 0 saturated carbocycles. The Labute approximate surface area is 168 Å². The molecular weight excluding hydrogens is 387 g/mol. The molecule has 0 radical (unpaired) electrons. The Bertz CT molecular complexity index is 1130. The predicted octanol–water partition coefficient (Wildman–Crippen LogP) is 5.65. The van der Waals surface area contributed by atoms with Crippen molar-refractivity contribution in [2.75, 3.05) is 11.5 Å². The molecule has 7 heteroatoms. The molecule has 0 aliphatic heterocycles. The normalized spacial score (nSPS) is 11.2. The summed E-state index contributed by atoms with van der Waals surface area (Å²) in [6.45, 7) is 0. The van der Waals surface area contributed by atoms with Crippen LogP contribution in [0.15, 0.2) is 91.0 Å². The standard InChI is InChI=1S/C22H19N2O4P/c23-18-6-11-20(12-7-18)26-29(25,27-21-13-8-19(24)9-14-21)28-22-10-5-16-3-1-2-4-17(16)15-22/h1-15H,23-24H2. The van der Waals surface area contributed by atoms with Crippen LogP contribution in [0.1, 0.15) is 0 Å². The van der Waals surface area contributed by atoms with Gasteiger partial charge in [0.05, 0.1) is 0 Å². The van der Waals surface area contributed by atoms with E-state index >= 15 is 0 Å². The van der Waals surface area contributed by atoms with Crippen LogP contribution in [0.3, 0.4) is 0 Å². The zero-order valence-electron chi connectivity index (χ0n) is 15.4. The van der Waals surface area contributed by atoms with Gasteiger partial charge in [0, 0.05) is 11.4 Å². The Kier molecular flexibility index (Phi) is 5.02. The quantitative estimate of drug-likeness (QED) is 0.317. The lowest BCUT2D eigenvalue weighted by atomic mass is 10.1. The zero-order valence-corrected chi connectivity index (χ0v) is 16.3. The van der Waals surface area contributed by atoms with Crippen molar-refractivity contribution >= 4 is 30.0 Å². The molecule has 0 aliphatic rings. The molecule has 0 bridgehead atoms. The molecule has 4 N–H and O–H groups in total. The van der Waals surface area contributed by atoms with Crippen molar-refractivity contribution < 1.29 is 18.1 Å². The number of hydrogen-bond donors (Lipinski definition) is 2. The molecule has 0 amide bonds. The number of rotatable bonds is 6. The summed E-state index contributed by atoms with van der Waals surface area (Å²) < 4.78 is 30.5. The highest BCUT2D eigenvalue weighted by Gasteiger charge is 2.33. The summed E-state index contributed by atoms with van der Waals surface area (Å²) in [7, 11) is -4.07. The topological polar surface area (TPSA) is 96.8 Å². The minimum absolute atomic E-state index is 0.304. The van der Waals surface area contributed by atoms with Crippen LogP contribution in [-0.2, 0) is 4.57 Å². The van der Waals surface area contributed by atoms with E-state index in [1.807, 2.05) is 30.3 Å². The molecule has 0 fully saturated rings. The maximum absolute atomic E-state index is 13.5. The lowest BCUT2D eigenvalue weighted by Crippen LogP contribution is -2.07. The maximum Gasteiger partial charge on any atom is 0.647 e. The molecule has 0 heterocycles. The minimum atomic E-state index is -4.07. The Morgan fingerprint density at radius 3 is 1.55 bits per heavy atom. The second-order valence-electron chi connectivity index (χ2n) is 6.37. The fraction of sp³-hybridized carbons (Fsp3) is 0. The van der Waals surface area contributed by atoms with Gasteiger partial charge in [0.2, 0.25) is 0 Å². The van der Waals surface area contributed by atoms with Crippen molar-refractivity contribution in [1.29, 1.82) is 0 Å².